The predicted octanol–water partition coefficient (Wildman–Crippen LogP) is 4.67. The molecule has 9 heteroatoms. The maximum absolute atomic E-state index is 14.5. The SMILES string of the molecule is C[C@@H]1CN([C@H](C)CO)C(=O)c2c(c3ccccc3n2C)-c2ccccc2CO[C@@H]1CN(C)S(=O)(=O)Cc1ccccc1. The number of aryl methyl sites for hydroxylation is 1. The van der Waals surface area contributed by atoms with Crippen LogP contribution in [0, 0.1) is 5.92 Å². The van der Waals surface area contributed by atoms with Crippen molar-refractivity contribution in [2.45, 2.75) is 38.4 Å². The summed E-state index contributed by atoms with van der Waals surface area (Å²) in [4.78, 5) is 16.2. The molecule has 0 fully saturated rings. The minimum Gasteiger partial charge on any atom is -0.394 e. The third kappa shape index (κ3) is 5.87. The Hall–Kier alpha value is -3.50. The van der Waals surface area contributed by atoms with E-state index in [4.69, 9.17) is 4.74 Å². The van der Waals surface area contributed by atoms with E-state index >= 15 is 0 Å². The molecule has 0 spiro atoms. The van der Waals surface area contributed by atoms with E-state index in [1.165, 1.54) is 4.31 Å². The number of ether oxygens (including phenoxy) is 1. The molecule has 0 radical (unpaired) electrons. The number of carbonyl (C=O) groups is 1. The van der Waals surface area contributed by atoms with E-state index in [-0.39, 0.29) is 43.9 Å². The second kappa shape index (κ2) is 12.4. The Morgan fingerprint density at radius 2 is 1.69 bits per heavy atom. The van der Waals surface area contributed by atoms with Crippen LogP contribution in [-0.4, -0.2) is 72.1 Å². The highest BCUT2D eigenvalue weighted by Crippen LogP contribution is 2.38. The molecule has 3 aromatic carbocycles. The Kier molecular flexibility index (Phi) is 8.84. The number of fused-ring (bicyclic) bond motifs is 5. The minimum absolute atomic E-state index is 0.108. The number of aromatic nitrogens is 1. The van der Waals surface area contributed by atoms with Gasteiger partial charge in [-0.1, -0.05) is 79.7 Å². The standard InChI is InChI=1S/C33H39N3O5S/c1-23-18-36(24(2)20-37)33(38)32-31(28-16-10-11-17-29(28)35(32)4)27-15-9-8-14-26(27)21-41-30(23)19-34(3)42(39,40)22-25-12-6-5-7-13-25/h5-17,23-24,30,37H,18-22H2,1-4H3/t23-,24-,30-/m1/s1. The fourth-order valence-corrected chi connectivity index (χ4v) is 7.00. The maximum Gasteiger partial charge on any atom is 0.271 e. The van der Waals surface area contributed by atoms with Crippen molar-refractivity contribution in [3.8, 4) is 11.1 Å². The molecular formula is C33H39N3O5S. The van der Waals surface area contributed by atoms with Gasteiger partial charge in [-0.25, -0.2) is 12.7 Å². The van der Waals surface area contributed by atoms with E-state index in [0.29, 0.717) is 11.3 Å². The van der Waals surface area contributed by atoms with Gasteiger partial charge in [-0.3, -0.25) is 4.79 Å². The molecule has 3 atom stereocenters. The van der Waals surface area contributed by atoms with Crippen LogP contribution in [0.3, 0.4) is 0 Å². The van der Waals surface area contributed by atoms with Crippen LogP contribution in [0.5, 0.6) is 0 Å². The molecule has 1 aliphatic rings. The first-order valence-electron chi connectivity index (χ1n) is 14.3. The fourth-order valence-electron chi connectivity index (χ4n) is 5.79. The average Bonchev–Trinajstić information content (AvgIpc) is 3.28. The summed E-state index contributed by atoms with van der Waals surface area (Å²) in [7, 11) is -0.142. The third-order valence-electron chi connectivity index (χ3n) is 8.33. The molecule has 0 bridgehead atoms. The molecule has 0 saturated heterocycles. The van der Waals surface area contributed by atoms with Gasteiger partial charge in [0.25, 0.3) is 5.91 Å². The molecule has 5 rings (SSSR count). The van der Waals surface area contributed by atoms with Gasteiger partial charge in [0, 0.05) is 49.6 Å². The lowest BCUT2D eigenvalue weighted by atomic mass is 9.96. The summed E-state index contributed by atoms with van der Waals surface area (Å²) < 4.78 is 36.5. The highest BCUT2D eigenvalue weighted by molar-refractivity contribution is 7.88. The number of para-hydroxylation sites is 1. The zero-order valence-electron chi connectivity index (χ0n) is 24.6. The average molecular weight is 590 g/mol. The van der Waals surface area contributed by atoms with Gasteiger partial charge in [0.05, 0.1) is 31.1 Å². The van der Waals surface area contributed by atoms with Crippen LogP contribution in [0.2, 0.25) is 0 Å². The Bertz CT molecular complexity index is 1670. The van der Waals surface area contributed by atoms with Gasteiger partial charge < -0.3 is 19.3 Å². The van der Waals surface area contributed by atoms with E-state index in [0.717, 1.165) is 27.6 Å². The van der Waals surface area contributed by atoms with Gasteiger partial charge in [-0.05, 0) is 29.7 Å². The fraction of sp³-hybridized carbons (Fsp3) is 0.364. The van der Waals surface area contributed by atoms with E-state index in [9.17, 15) is 18.3 Å². The number of carbonyl (C=O) groups excluding carboxylic acids is 1. The molecule has 4 aromatic rings. The summed E-state index contributed by atoms with van der Waals surface area (Å²) in [5.74, 6) is -0.527. The van der Waals surface area contributed by atoms with E-state index in [1.54, 1.807) is 24.1 Å². The largest absolute Gasteiger partial charge is 0.394 e. The normalized spacial score (nSPS) is 18.9. The molecule has 1 N–H and O–H groups in total. The number of nitrogens with zero attached hydrogens (tertiary/aromatic N) is 3. The summed E-state index contributed by atoms with van der Waals surface area (Å²) in [6.45, 7) is 4.26. The molecule has 222 valence electrons. The summed E-state index contributed by atoms with van der Waals surface area (Å²) in [5, 5.41) is 11.1. The number of likely N-dealkylation sites (N-methyl/N-ethyl adjacent to an activating group) is 1. The van der Waals surface area contributed by atoms with Crippen LogP contribution in [0.4, 0.5) is 0 Å². The highest BCUT2D eigenvalue weighted by atomic mass is 32.2. The summed E-state index contributed by atoms with van der Waals surface area (Å²) in [6, 6.07) is 24.5. The van der Waals surface area contributed by atoms with Crippen molar-refractivity contribution in [2.24, 2.45) is 13.0 Å². The summed E-state index contributed by atoms with van der Waals surface area (Å²) >= 11 is 0. The van der Waals surface area contributed by atoms with Crippen LogP contribution < -0.4 is 0 Å². The zero-order valence-corrected chi connectivity index (χ0v) is 25.4. The first-order valence-corrected chi connectivity index (χ1v) is 15.9. The summed E-state index contributed by atoms with van der Waals surface area (Å²) in [5.41, 5.74) is 4.86. The summed E-state index contributed by atoms with van der Waals surface area (Å²) in [6.07, 6.45) is -0.507. The Labute approximate surface area is 248 Å². The second-order valence-corrected chi connectivity index (χ2v) is 13.4. The number of benzene rings is 3. The third-order valence-corrected chi connectivity index (χ3v) is 10.1. The lowest BCUT2D eigenvalue weighted by molar-refractivity contribution is -0.0147. The number of aliphatic hydroxyl groups excluding tert-OH is 1. The van der Waals surface area contributed by atoms with Gasteiger partial charge in [-0.15, -0.1) is 0 Å². The van der Waals surface area contributed by atoms with Crippen LogP contribution in [-0.2, 0) is 34.2 Å². The highest BCUT2D eigenvalue weighted by Gasteiger charge is 2.34. The Morgan fingerprint density at radius 3 is 2.43 bits per heavy atom. The van der Waals surface area contributed by atoms with Crippen LogP contribution in [0.1, 0.15) is 35.5 Å². The lowest BCUT2D eigenvalue weighted by Gasteiger charge is -2.35. The second-order valence-electron chi connectivity index (χ2n) is 11.3. The van der Waals surface area contributed by atoms with E-state index < -0.39 is 22.2 Å². The smallest absolute Gasteiger partial charge is 0.271 e. The molecule has 1 aromatic heterocycles. The monoisotopic (exact) mass is 589 g/mol. The molecule has 42 heavy (non-hydrogen) atoms. The van der Waals surface area contributed by atoms with Gasteiger partial charge in [0.2, 0.25) is 10.0 Å². The molecule has 2 heterocycles. The molecule has 0 unspecified atom stereocenters. The van der Waals surface area contributed by atoms with Gasteiger partial charge in [0.1, 0.15) is 5.69 Å². The van der Waals surface area contributed by atoms with Gasteiger partial charge >= 0.3 is 0 Å². The number of hydrogen-bond acceptors (Lipinski definition) is 5. The molecule has 1 amide bonds. The quantitative estimate of drug-likeness (QED) is 0.339. The van der Waals surface area contributed by atoms with Gasteiger partial charge in [-0.2, -0.15) is 0 Å². The molecule has 8 nitrogen and oxygen atoms in total. The van der Waals surface area contributed by atoms with Crippen LogP contribution in [0.15, 0.2) is 78.9 Å². The van der Waals surface area contributed by atoms with E-state index in [2.05, 4.69) is 0 Å². The molecule has 1 aliphatic heterocycles. The topological polar surface area (TPSA) is 92.1 Å². The van der Waals surface area contributed by atoms with Crippen LogP contribution in [0.25, 0.3) is 22.0 Å². The first-order chi connectivity index (χ1) is 20.1. The Balaban J connectivity index is 1.57. The minimum atomic E-state index is -3.62. The number of hydrogen-bond donors (Lipinski definition) is 1. The number of rotatable bonds is 7. The van der Waals surface area contributed by atoms with Crippen molar-refractivity contribution in [3.63, 3.8) is 0 Å². The number of aliphatic hydroxyl groups is 1. The van der Waals surface area contributed by atoms with Gasteiger partial charge in [0.15, 0.2) is 0 Å². The van der Waals surface area contributed by atoms with Crippen molar-refractivity contribution >= 4 is 26.8 Å². The van der Waals surface area contributed by atoms with Crippen LogP contribution >= 0.6 is 0 Å². The molecular weight excluding hydrogens is 550 g/mol. The molecule has 0 aliphatic carbocycles. The van der Waals surface area contributed by atoms with Crippen molar-refractivity contribution < 1.29 is 23.1 Å². The van der Waals surface area contributed by atoms with E-state index in [1.807, 2.05) is 92.2 Å². The molecule has 0 saturated carbocycles. The van der Waals surface area contributed by atoms with Crippen molar-refractivity contribution in [1.29, 1.82) is 0 Å². The first kappa shape index (κ1) is 30.0. The number of sulfonamides is 1. The Morgan fingerprint density at radius 1 is 1.02 bits per heavy atom. The predicted molar refractivity (Wildman–Crippen MR) is 165 cm³/mol. The lowest BCUT2D eigenvalue weighted by Crippen LogP contribution is -2.48. The van der Waals surface area contributed by atoms with Crippen molar-refractivity contribution in [3.05, 3.63) is 95.7 Å². The van der Waals surface area contributed by atoms with Crippen molar-refractivity contribution in [2.75, 3.05) is 26.7 Å². The maximum atomic E-state index is 14.5. The number of amides is 1. The zero-order chi connectivity index (χ0) is 30.0. The van der Waals surface area contributed by atoms with Crippen molar-refractivity contribution in [1.82, 2.24) is 13.8 Å².